The highest BCUT2D eigenvalue weighted by atomic mass is 35.5. The van der Waals surface area contributed by atoms with E-state index in [4.69, 9.17) is 4.42 Å². The number of hydrogen-bond donors (Lipinski definition) is 1. The van der Waals surface area contributed by atoms with Crippen molar-refractivity contribution in [3.63, 3.8) is 0 Å². The van der Waals surface area contributed by atoms with Gasteiger partial charge in [-0.1, -0.05) is 0 Å². The van der Waals surface area contributed by atoms with Crippen LogP contribution in [-0.4, -0.2) is 36.0 Å². The van der Waals surface area contributed by atoms with Crippen LogP contribution in [0.1, 0.15) is 36.2 Å². The van der Waals surface area contributed by atoms with Gasteiger partial charge in [-0.3, -0.25) is 4.79 Å². The summed E-state index contributed by atoms with van der Waals surface area (Å²) in [5, 5.41) is 3.45. The summed E-state index contributed by atoms with van der Waals surface area (Å²) in [5.41, 5.74) is 0. The zero-order chi connectivity index (χ0) is 11.7. The van der Waals surface area contributed by atoms with Gasteiger partial charge in [0.05, 0.1) is 6.26 Å². The molecule has 0 aromatic carbocycles. The number of nitrogens with one attached hydrogen (secondary N) is 1. The summed E-state index contributed by atoms with van der Waals surface area (Å²) in [4.78, 5) is 14.3. The van der Waals surface area contributed by atoms with Crippen LogP contribution in [-0.2, 0) is 0 Å². The second kappa shape index (κ2) is 5.76. The lowest BCUT2D eigenvalue weighted by Crippen LogP contribution is -2.42. The minimum Gasteiger partial charge on any atom is -0.459 e. The Morgan fingerprint density at radius 2 is 2.28 bits per heavy atom. The normalized spacial score (nSPS) is 22.6. The Hall–Kier alpha value is -1.00. The topological polar surface area (TPSA) is 45.5 Å². The van der Waals surface area contributed by atoms with Crippen LogP contribution in [0.5, 0.6) is 0 Å². The number of furan rings is 1. The predicted octanol–water partition coefficient (Wildman–Crippen LogP) is 2.06. The van der Waals surface area contributed by atoms with Crippen LogP contribution in [0.2, 0.25) is 0 Å². The molecule has 2 heterocycles. The molecule has 1 aliphatic carbocycles. The van der Waals surface area contributed by atoms with Gasteiger partial charge in [0.2, 0.25) is 0 Å². The van der Waals surface area contributed by atoms with Crippen LogP contribution in [0.4, 0.5) is 0 Å². The lowest BCUT2D eigenvalue weighted by molar-refractivity contribution is 0.0696. The summed E-state index contributed by atoms with van der Waals surface area (Å²) in [6.45, 7) is 1.91. The van der Waals surface area contributed by atoms with Gasteiger partial charge in [-0.05, 0) is 44.4 Å². The lowest BCUT2D eigenvalue weighted by atomic mass is 10.2. The molecule has 1 unspecified atom stereocenters. The quantitative estimate of drug-likeness (QED) is 0.911. The fourth-order valence-electron chi connectivity index (χ4n) is 2.48. The summed E-state index contributed by atoms with van der Waals surface area (Å²) in [5.74, 6) is 0.515. The minimum absolute atomic E-state index is 0. The van der Waals surface area contributed by atoms with E-state index in [2.05, 4.69) is 5.32 Å². The van der Waals surface area contributed by atoms with Crippen molar-refractivity contribution in [3.8, 4) is 0 Å². The fraction of sp³-hybridized carbons (Fsp3) is 0.615. The molecule has 2 fully saturated rings. The Labute approximate surface area is 113 Å². The summed E-state index contributed by atoms with van der Waals surface area (Å²) < 4.78 is 5.21. The molecule has 1 aromatic rings. The van der Waals surface area contributed by atoms with Crippen LogP contribution >= 0.6 is 12.4 Å². The number of rotatable bonds is 4. The summed E-state index contributed by atoms with van der Waals surface area (Å²) in [6, 6.07) is 4.43. The molecule has 1 aromatic heterocycles. The second-order valence-corrected chi connectivity index (χ2v) is 4.96. The van der Waals surface area contributed by atoms with Crippen molar-refractivity contribution in [2.24, 2.45) is 0 Å². The van der Waals surface area contributed by atoms with E-state index in [1.165, 1.54) is 12.8 Å². The van der Waals surface area contributed by atoms with Gasteiger partial charge in [-0.2, -0.15) is 0 Å². The number of hydrogen-bond acceptors (Lipinski definition) is 3. The molecular weight excluding hydrogens is 252 g/mol. The average Bonchev–Trinajstić information content (AvgIpc) is 2.86. The number of halogens is 1. The average molecular weight is 271 g/mol. The van der Waals surface area contributed by atoms with Crippen molar-refractivity contribution in [2.45, 2.75) is 37.8 Å². The van der Waals surface area contributed by atoms with Crippen molar-refractivity contribution in [1.82, 2.24) is 10.2 Å². The number of nitrogens with zero attached hydrogens (tertiary/aromatic N) is 1. The SMILES string of the molecule is Cl.O=C(c1ccco1)N(CC1CCCN1)C1CC1. The van der Waals surface area contributed by atoms with Crippen LogP contribution in [0.25, 0.3) is 0 Å². The number of amides is 1. The maximum absolute atomic E-state index is 12.3. The van der Waals surface area contributed by atoms with Gasteiger partial charge < -0.3 is 14.6 Å². The maximum Gasteiger partial charge on any atom is 0.289 e. The molecule has 1 N–H and O–H groups in total. The highest BCUT2D eigenvalue weighted by Crippen LogP contribution is 2.29. The van der Waals surface area contributed by atoms with Crippen LogP contribution < -0.4 is 5.32 Å². The summed E-state index contributed by atoms with van der Waals surface area (Å²) >= 11 is 0. The molecular formula is C13H19ClN2O2. The zero-order valence-corrected chi connectivity index (χ0v) is 11.1. The third kappa shape index (κ3) is 2.87. The van der Waals surface area contributed by atoms with Crippen molar-refractivity contribution >= 4 is 18.3 Å². The Balaban J connectivity index is 0.00000120. The smallest absolute Gasteiger partial charge is 0.289 e. The number of carbonyl (C=O) groups excluding carboxylic acids is 1. The zero-order valence-electron chi connectivity index (χ0n) is 10.3. The molecule has 5 heteroatoms. The predicted molar refractivity (Wildman–Crippen MR) is 71.0 cm³/mol. The van der Waals surface area contributed by atoms with Crippen molar-refractivity contribution in [3.05, 3.63) is 24.2 Å². The highest BCUT2D eigenvalue weighted by molar-refractivity contribution is 5.91. The minimum atomic E-state index is 0. The first kappa shape index (κ1) is 13.4. The van der Waals surface area contributed by atoms with E-state index in [-0.39, 0.29) is 18.3 Å². The van der Waals surface area contributed by atoms with E-state index < -0.39 is 0 Å². The number of carbonyl (C=O) groups is 1. The van der Waals surface area contributed by atoms with E-state index in [1.807, 2.05) is 4.90 Å². The monoisotopic (exact) mass is 270 g/mol. The first-order valence-electron chi connectivity index (χ1n) is 6.42. The van der Waals surface area contributed by atoms with Crippen molar-refractivity contribution in [2.75, 3.05) is 13.1 Å². The van der Waals surface area contributed by atoms with E-state index in [1.54, 1.807) is 18.4 Å². The van der Waals surface area contributed by atoms with Gasteiger partial charge in [0.1, 0.15) is 0 Å². The summed E-state index contributed by atoms with van der Waals surface area (Å²) in [7, 11) is 0. The lowest BCUT2D eigenvalue weighted by Gasteiger charge is -2.24. The third-order valence-electron chi connectivity index (χ3n) is 3.56. The third-order valence-corrected chi connectivity index (χ3v) is 3.56. The highest BCUT2D eigenvalue weighted by Gasteiger charge is 2.35. The molecule has 1 atom stereocenters. The Bertz CT molecular complexity index is 384. The van der Waals surface area contributed by atoms with Crippen LogP contribution in [0, 0.1) is 0 Å². The standard InChI is InChI=1S/C13H18N2O2.ClH/c16-13(12-4-2-8-17-12)15(11-5-6-11)9-10-3-1-7-14-10;/h2,4,8,10-11,14H,1,3,5-7,9H2;1H. The van der Waals surface area contributed by atoms with E-state index in [0.29, 0.717) is 17.8 Å². The molecule has 4 nitrogen and oxygen atoms in total. The fourth-order valence-corrected chi connectivity index (χ4v) is 2.48. The van der Waals surface area contributed by atoms with Gasteiger partial charge in [0.15, 0.2) is 5.76 Å². The molecule has 2 aliphatic rings. The molecule has 18 heavy (non-hydrogen) atoms. The first-order valence-corrected chi connectivity index (χ1v) is 6.42. The summed E-state index contributed by atoms with van der Waals surface area (Å²) in [6.07, 6.45) is 6.23. The Kier molecular flexibility index (Phi) is 4.30. The van der Waals surface area contributed by atoms with E-state index >= 15 is 0 Å². The molecule has 3 rings (SSSR count). The molecule has 1 saturated heterocycles. The largest absolute Gasteiger partial charge is 0.459 e. The van der Waals surface area contributed by atoms with Crippen molar-refractivity contribution < 1.29 is 9.21 Å². The van der Waals surface area contributed by atoms with Gasteiger partial charge in [-0.15, -0.1) is 12.4 Å². The van der Waals surface area contributed by atoms with Crippen LogP contribution in [0.15, 0.2) is 22.8 Å². The molecule has 1 aliphatic heterocycles. The molecule has 0 bridgehead atoms. The molecule has 1 amide bonds. The van der Waals surface area contributed by atoms with Gasteiger partial charge in [0.25, 0.3) is 5.91 Å². The molecule has 1 saturated carbocycles. The molecule has 0 spiro atoms. The molecule has 100 valence electrons. The van der Waals surface area contributed by atoms with Crippen molar-refractivity contribution in [1.29, 1.82) is 0 Å². The van der Waals surface area contributed by atoms with Gasteiger partial charge in [0, 0.05) is 18.6 Å². The van der Waals surface area contributed by atoms with E-state index in [0.717, 1.165) is 25.9 Å². The van der Waals surface area contributed by atoms with Gasteiger partial charge in [-0.25, -0.2) is 0 Å². The second-order valence-electron chi connectivity index (χ2n) is 4.96. The maximum atomic E-state index is 12.3. The van der Waals surface area contributed by atoms with Crippen LogP contribution in [0.3, 0.4) is 0 Å². The Morgan fingerprint density at radius 3 is 2.83 bits per heavy atom. The first-order chi connectivity index (χ1) is 8.34. The Morgan fingerprint density at radius 1 is 1.44 bits per heavy atom. The van der Waals surface area contributed by atoms with Gasteiger partial charge >= 0.3 is 0 Å². The van der Waals surface area contributed by atoms with E-state index in [9.17, 15) is 4.79 Å². The molecule has 0 radical (unpaired) electrons.